The Kier molecular flexibility index (Phi) is 3.80. The van der Waals surface area contributed by atoms with Crippen molar-refractivity contribution >= 4 is 29.2 Å². The number of aliphatic hydroxyl groups is 1. The molecule has 2 rings (SSSR count). The molecular formula is C11H16ClN3OS. The van der Waals surface area contributed by atoms with E-state index in [4.69, 9.17) is 11.6 Å². The molecule has 17 heavy (non-hydrogen) atoms. The van der Waals surface area contributed by atoms with Crippen LogP contribution >= 0.6 is 23.4 Å². The lowest BCUT2D eigenvalue weighted by Gasteiger charge is -2.37. The number of piperidine rings is 1. The van der Waals surface area contributed by atoms with Gasteiger partial charge >= 0.3 is 0 Å². The van der Waals surface area contributed by atoms with E-state index in [-0.39, 0.29) is 0 Å². The topological polar surface area (TPSA) is 49.2 Å². The third-order valence-corrected chi connectivity index (χ3v) is 3.58. The molecule has 1 aliphatic rings. The Balaban J connectivity index is 2.24. The van der Waals surface area contributed by atoms with Crippen molar-refractivity contribution in [1.82, 2.24) is 9.97 Å². The van der Waals surface area contributed by atoms with Crippen LogP contribution in [0.3, 0.4) is 0 Å². The molecule has 0 saturated carbocycles. The van der Waals surface area contributed by atoms with Gasteiger partial charge in [-0.1, -0.05) is 23.4 Å². The lowest BCUT2D eigenvalue weighted by Crippen LogP contribution is -2.46. The van der Waals surface area contributed by atoms with Gasteiger partial charge in [-0.25, -0.2) is 9.97 Å². The molecule has 1 aromatic heterocycles. The number of hydrogen-bond donors (Lipinski definition) is 1. The molecule has 0 amide bonds. The molecule has 0 radical (unpaired) electrons. The Morgan fingerprint density at radius 1 is 1.53 bits per heavy atom. The van der Waals surface area contributed by atoms with Crippen molar-refractivity contribution in [2.45, 2.75) is 30.5 Å². The lowest BCUT2D eigenvalue weighted by molar-refractivity contribution is 0.0446. The van der Waals surface area contributed by atoms with Crippen molar-refractivity contribution in [1.29, 1.82) is 0 Å². The minimum absolute atomic E-state index is 0.449. The first kappa shape index (κ1) is 12.9. The van der Waals surface area contributed by atoms with Crippen molar-refractivity contribution in [3.05, 3.63) is 11.2 Å². The number of rotatable bonds is 2. The Hall–Kier alpha value is -0.520. The van der Waals surface area contributed by atoms with Gasteiger partial charge in [-0.15, -0.1) is 0 Å². The van der Waals surface area contributed by atoms with Crippen LogP contribution in [0.25, 0.3) is 0 Å². The van der Waals surface area contributed by atoms with E-state index in [1.807, 2.05) is 13.2 Å². The summed E-state index contributed by atoms with van der Waals surface area (Å²) in [4.78, 5) is 10.6. The van der Waals surface area contributed by atoms with E-state index in [1.165, 1.54) is 11.8 Å². The highest BCUT2D eigenvalue weighted by atomic mass is 35.5. The van der Waals surface area contributed by atoms with Crippen LogP contribution in [0, 0.1) is 0 Å². The molecule has 0 spiro atoms. The van der Waals surface area contributed by atoms with Crippen LogP contribution in [0.15, 0.2) is 11.2 Å². The van der Waals surface area contributed by atoms with Gasteiger partial charge in [-0.3, -0.25) is 0 Å². The second-order valence-corrected chi connectivity index (χ2v) is 5.72. The number of β-amino-alcohol motifs (C(OH)–C–C–N with tert-alkyl or cyclic N) is 1. The average molecular weight is 274 g/mol. The number of aromatic nitrogens is 2. The van der Waals surface area contributed by atoms with Crippen LogP contribution in [0.5, 0.6) is 0 Å². The van der Waals surface area contributed by atoms with Gasteiger partial charge in [0.1, 0.15) is 11.0 Å². The minimum Gasteiger partial charge on any atom is -0.388 e. The summed E-state index contributed by atoms with van der Waals surface area (Å²) in [5.41, 5.74) is -0.644. The van der Waals surface area contributed by atoms with Crippen molar-refractivity contribution in [2.75, 3.05) is 24.2 Å². The Morgan fingerprint density at radius 2 is 2.29 bits per heavy atom. The van der Waals surface area contributed by atoms with Crippen LogP contribution in [0.1, 0.15) is 19.8 Å². The molecule has 1 atom stereocenters. The van der Waals surface area contributed by atoms with Crippen LogP contribution in [0.4, 0.5) is 5.82 Å². The maximum absolute atomic E-state index is 10.1. The van der Waals surface area contributed by atoms with E-state index in [0.29, 0.717) is 16.9 Å². The normalized spacial score (nSPS) is 25.1. The van der Waals surface area contributed by atoms with E-state index in [9.17, 15) is 5.11 Å². The third-order valence-electron chi connectivity index (χ3n) is 2.84. The molecule has 94 valence electrons. The fourth-order valence-electron chi connectivity index (χ4n) is 2.05. The monoisotopic (exact) mass is 273 g/mol. The number of halogens is 1. The van der Waals surface area contributed by atoms with Gasteiger partial charge in [0.25, 0.3) is 0 Å². The molecule has 0 bridgehead atoms. The van der Waals surface area contributed by atoms with E-state index in [2.05, 4.69) is 14.9 Å². The van der Waals surface area contributed by atoms with Gasteiger partial charge in [0.05, 0.1) is 5.60 Å². The summed E-state index contributed by atoms with van der Waals surface area (Å²) in [6.07, 6.45) is 3.71. The summed E-state index contributed by atoms with van der Waals surface area (Å²) >= 11 is 7.43. The first-order valence-electron chi connectivity index (χ1n) is 5.56. The summed E-state index contributed by atoms with van der Waals surface area (Å²) in [7, 11) is 0. The van der Waals surface area contributed by atoms with Crippen LogP contribution < -0.4 is 4.90 Å². The largest absolute Gasteiger partial charge is 0.388 e. The molecule has 1 saturated heterocycles. The lowest BCUT2D eigenvalue weighted by atomic mass is 9.95. The molecule has 1 aromatic rings. The van der Waals surface area contributed by atoms with Gasteiger partial charge in [0.15, 0.2) is 5.16 Å². The van der Waals surface area contributed by atoms with Gasteiger partial charge in [0.2, 0.25) is 0 Å². The quantitative estimate of drug-likeness (QED) is 0.509. The predicted octanol–water partition coefficient (Wildman–Crippen LogP) is 2.20. The zero-order valence-electron chi connectivity index (χ0n) is 9.98. The van der Waals surface area contributed by atoms with E-state index >= 15 is 0 Å². The second kappa shape index (κ2) is 5.00. The summed E-state index contributed by atoms with van der Waals surface area (Å²) in [6.45, 7) is 3.35. The Labute approximate surface area is 110 Å². The molecule has 4 nitrogen and oxygen atoms in total. The number of anilines is 1. The first-order valence-corrected chi connectivity index (χ1v) is 7.16. The maximum atomic E-state index is 10.1. The Bertz CT molecular complexity index is 414. The molecular weight excluding hydrogens is 258 g/mol. The number of thioether (sulfide) groups is 1. The number of hydrogen-bond acceptors (Lipinski definition) is 5. The fraction of sp³-hybridized carbons (Fsp3) is 0.636. The Morgan fingerprint density at radius 3 is 2.94 bits per heavy atom. The molecule has 1 N–H and O–H groups in total. The summed E-state index contributed by atoms with van der Waals surface area (Å²) in [5, 5.41) is 11.2. The van der Waals surface area contributed by atoms with Crippen LogP contribution in [-0.2, 0) is 0 Å². The fourth-order valence-corrected chi connectivity index (χ4v) is 2.66. The van der Waals surface area contributed by atoms with Gasteiger partial charge in [-0.05, 0) is 26.0 Å². The summed E-state index contributed by atoms with van der Waals surface area (Å²) < 4.78 is 0. The van der Waals surface area contributed by atoms with Crippen LogP contribution in [0.2, 0.25) is 5.15 Å². The third kappa shape index (κ3) is 3.24. The maximum Gasteiger partial charge on any atom is 0.190 e. The molecule has 0 aliphatic carbocycles. The van der Waals surface area contributed by atoms with Gasteiger partial charge in [-0.2, -0.15) is 0 Å². The highest BCUT2D eigenvalue weighted by Crippen LogP contribution is 2.26. The molecule has 1 fully saturated rings. The second-order valence-electron chi connectivity index (χ2n) is 4.56. The van der Waals surface area contributed by atoms with Crippen LogP contribution in [-0.4, -0.2) is 40.0 Å². The molecule has 1 aliphatic heterocycles. The van der Waals surface area contributed by atoms with E-state index in [1.54, 1.807) is 6.07 Å². The van der Waals surface area contributed by atoms with E-state index in [0.717, 1.165) is 25.2 Å². The molecule has 0 aromatic carbocycles. The molecule has 1 unspecified atom stereocenters. The highest BCUT2D eigenvalue weighted by Gasteiger charge is 2.29. The standard InChI is InChI=1S/C11H16ClN3OS/c1-11(16)4-3-5-15(7-11)9-6-8(12)13-10(14-9)17-2/h6,16H,3-5,7H2,1-2H3. The average Bonchev–Trinajstić information content (AvgIpc) is 2.27. The van der Waals surface area contributed by atoms with Gasteiger partial charge in [0, 0.05) is 19.2 Å². The SMILES string of the molecule is CSc1nc(Cl)cc(N2CCCC(C)(O)C2)n1. The zero-order valence-corrected chi connectivity index (χ0v) is 11.6. The summed E-state index contributed by atoms with van der Waals surface area (Å²) in [6, 6.07) is 1.75. The number of nitrogens with zero attached hydrogens (tertiary/aromatic N) is 3. The predicted molar refractivity (Wildman–Crippen MR) is 70.9 cm³/mol. The van der Waals surface area contributed by atoms with Crippen molar-refractivity contribution in [3.63, 3.8) is 0 Å². The molecule has 2 heterocycles. The zero-order chi connectivity index (χ0) is 12.5. The highest BCUT2D eigenvalue weighted by molar-refractivity contribution is 7.98. The van der Waals surface area contributed by atoms with Crippen molar-refractivity contribution in [2.24, 2.45) is 0 Å². The molecule has 6 heteroatoms. The first-order chi connectivity index (χ1) is 8.00. The van der Waals surface area contributed by atoms with Crippen molar-refractivity contribution in [3.8, 4) is 0 Å². The summed E-state index contributed by atoms with van der Waals surface area (Å²) in [5.74, 6) is 0.800. The minimum atomic E-state index is -0.644. The smallest absolute Gasteiger partial charge is 0.190 e. The van der Waals surface area contributed by atoms with Gasteiger partial charge < -0.3 is 10.0 Å². The van der Waals surface area contributed by atoms with E-state index < -0.39 is 5.60 Å². The van der Waals surface area contributed by atoms with Crippen molar-refractivity contribution < 1.29 is 5.11 Å².